The molecule has 0 radical (unpaired) electrons. The number of hydrogen-bond acceptors (Lipinski definition) is 8. The largest absolute Gasteiger partial charge is 0.394 e. The van der Waals surface area contributed by atoms with Crippen molar-refractivity contribution in [2.45, 2.75) is 69.4 Å². The smallest absolute Gasteiger partial charge is 0.186 e. The van der Waals surface area contributed by atoms with Crippen molar-refractivity contribution >= 4 is 0 Å². The van der Waals surface area contributed by atoms with Crippen LogP contribution in [0.25, 0.3) is 0 Å². The van der Waals surface area contributed by atoms with Crippen molar-refractivity contribution in [3.05, 3.63) is 0 Å². The Kier molecular flexibility index (Phi) is 10.2. The minimum atomic E-state index is -1.47. The van der Waals surface area contributed by atoms with Gasteiger partial charge in [-0.05, 0) is 13.0 Å². The molecule has 1 aliphatic rings. The minimum Gasteiger partial charge on any atom is -0.394 e. The third-order valence-corrected chi connectivity index (χ3v) is 3.89. The van der Waals surface area contributed by atoms with Crippen LogP contribution in [0.4, 0.5) is 0 Å². The van der Waals surface area contributed by atoms with Crippen molar-refractivity contribution in [1.82, 2.24) is 5.32 Å². The van der Waals surface area contributed by atoms with Gasteiger partial charge >= 0.3 is 0 Å². The first-order valence-electron chi connectivity index (χ1n) is 8.32. The molecule has 8 nitrogen and oxygen atoms in total. The molecule has 0 bridgehead atoms. The summed E-state index contributed by atoms with van der Waals surface area (Å²) in [7, 11) is 0. The predicted molar refractivity (Wildman–Crippen MR) is 82.7 cm³/mol. The summed E-state index contributed by atoms with van der Waals surface area (Å²) in [6.07, 6.45) is -2.74. The van der Waals surface area contributed by atoms with E-state index in [2.05, 4.69) is 12.2 Å². The molecule has 1 rings (SSSR count). The van der Waals surface area contributed by atoms with Gasteiger partial charge in [0.25, 0.3) is 0 Å². The van der Waals surface area contributed by atoms with Crippen LogP contribution < -0.4 is 5.32 Å². The minimum absolute atomic E-state index is 0.0926. The van der Waals surface area contributed by atoms with Crippen LogP contribution in [0.2, 0.25) is 0 Å². The molecule has 138 valence electrons. The van der Waals surface area contributed by atoms with Gasteiger partial charge in [-0.3, -0.25) is 0 Å². The van der Waals surface area contributed by atoms with Crippen LogP contribution in [0.3, 0.4) is 0 Å². The number of hydrogen-bond donors (Lipinski definition) is 6. The highest BCUT2D eigenvalue weighted by molar-refractivity contribution is 4.88. The van der Waals surface area contributed by atoms with Gasteiger partial charge in [-0.15, -0.1) is 0 Å². The highest BCUT2D eigenvalue weighted by Gasteiger charge is 2.44. The van der Waals surface area contributed by atoms with Gasteiger partial charge in [0, 0.05) is 6.54 Å². The van der Waals surface area contributed by atoms with Gasteiger partial charge in [-0.2, -0.15) is 0 Å². The Labute approximate surface area is 137 Å². The highest BCUT2D eigenvalue weighted by Crippen LogP contribution is 2.21. The van der Waals surface area contributed by atoms with Gasteiger partial charge in [0.2, 0.25) is 0 Å². The maximum atomic E-state index is 9.82. The number of ether oxygens (including phenoxy) is 2. The fraction of sp³-hybridized carbons (Fsp3) is 1.00. The molecule has 6 N–H and O–H groups in total. The SMILES string of the molecule is CCCCCCNCC(O)CO[C@H]1O[C@H](CO)[C@H](O)[C@H](O)[C@H]1O. The third kappa shape index (κ3) is 6.98. The van der Waals surface area contributed by atoms with E-state index in [0.29, 0.717) is 6.54 Å². The summed E-state index contributed by atoms with van der Waals surface area (Å²) in [5.41, 5.74) is 0. The second-order valence-electron chi connectivity index (χ2n) is 5.95. The molecule has 0 aliphatic carbocycles. The van der Waals surface area contributed by atoms with E-state index in [4.69, 9.17) is 14.6 Å². The Morgan fingerprint density at radius 3 is 2.48 bits per heavy atom. The van der Waals surface area contributed by atoms with Crippen LogP contribution in [0.1, 0.15) is 32.6 Å². The Morgan fingerprint density at radius 1 is 1.09 bits per heavy atom. The van der Waals surface area contributed by atoms with E-state index in [1.165, 1.54) is 12.8 Å². The van der Waals surface area contributed by atoms with Crippen LogP contribution >= 0.6 is 0 Å². The van der Waals surface area contributed by atoms with Crippen LogP contribution in [-0.4, -0.2) is 88.6 Å². The third-order valence-electron chi connectivity index (χ3n) is 3.89. The predicted octanol–water partition coefficient (Wildman–Crippen LogP) is -1.67. The van der Waals surface area contributed by atoms with E-state index in [-0.39, 0.29) is 6.61 Å². The molecule has 0 aromatic carbocycles. The standard InChI is InChI=1S/C15H31NO7/c1-2-3-4-5-6-16-7-10(18)9-22-15-14(21)13(20)12(19)11(8-17)23-15/h10-21H,2-9H2,1H3/t10?,11-,12+,13+,14-,15+/m1/s1. The molecule has 1 unspecified atom stereocenters. The molecule has 6 atom stereocenters. The molecule has 23 heavy (non-hydrogen) atoms. The van der Waals surface area contributed by atoms with Crippen molar-refractivity contribution in [2.24, 2.45) is 0 Å². The van der Waals surface area contributed by atoms with E-state index in [1.807, 2.05) is 0 Å². The van der Waals surface area contributed by atoms with Gasteiger partial charge in [0.1, 0.15) is 24.4 Å². The molecule has 0 saturated carbocycles. The average molecular weight is 337 g/mol. The second kappa shape index (κ2) is 11.3. The zero-order valence-corrected chi connectivity index (χ0v) is 13.7. The lowest BCUT2D eigenvalue weighted by molar-refractivity contribution is -0.304. The van der Waals surface area contributed by atoms with Crippen molar-refractivity contribution in [2.75, 3.05) is 26.3 Å². The lowest BCUT2D eigenvalue weighted by atomic mass is 9.99. The van der Waals surface area contributed by atoms with E-state index in [0.717, 1.165) is 19.4 Å². The Morgan fingerprint density at radius 2 is 1.83 bits per heavy atom. The van der Waals surface area contributed by atoms with Crippen LogP contribution in [-0.2, 0) is 9.47 Å². The van der Waals surface area contributed by atoms with Crippen LogP contribution in [0.15, 0.2) is 0 Å². The maximum Gasteiger partial charge on any atom is 0.186 e. The zero-order valence-electron chi connectivity index (χ0n) is 13.7. The molecule has 1 saturated heterocycles. The summed E-state index contributed by atoms with van der Waals surface area (Å²) in [5.74, 6) is 0. The second-order valence-corrected chi connectivity index (χ2v) is 5.95. The molecule has 1 heterocycles. The summed E-state index contributed by atoms with van der Waals surface area (Å²) in [6.45, 7) is 2.71. The molecule has 8 heteroatoms. The van der Waals surface area contributed by atoms with Gasteiger partial charge in [0.15, 0.2) is 6.29 Å². The van der Waals surface area contributed by atoms with E-state index < -0.39 is 43.4 Å². The maximum absolute atomic E-state index is 9.82. The van der Waals surface area contributed by atoms with Crippen molar-refractivity contribution in [3.63, 3.8) is 0 Å². The highest BCUT2D eigenvalue weighted by atomic mass is 16.7. The molecule has 0 aromatic heterocycles. The summed E-state index contributed by atoms with van der Waals surface area (Å²) < 4.78 is 10.4. The fourth-order valence-corrected chi connectivity index (χ4v) is 2.42. The van der Waals surface area contributed by atoms with Crippen molar-refractivity contribution in [1.29, 1.82) is 0 Å². The number of nitrogens with one attached hydrogen (secondary N) is 1. The number of unbranched alkanes of at least 4 members (excludes halogenated alkanes) is 3. The Hall–Kier alpha value is -0.320. The van der Waals surface area contributed by atoms with Gasteiger partial charge in [0.05, 0.1) is 19.3 Å². The average Bonchev–Trinajstić information content (AvgIpc) is 2.55. The van der Waals surface area contributed by atoms with Crippen molar-refractivity contribution in [3.8, 4) is 0 Å². The lowest BCUT2D eigenvalue weighted by Gasteiger charge is -2.39. The molecule has 0 aromatic rings. The first-order chi connectivity index (χ1) is 11.0. The molecular formula is C15H31NO7. The van der Waals surface area contributed by atoms with Gasteiger partial charge in [-0.1, -0.05) is 26.2 Å². The summed E-state index contributed by atoms with van der Waals surface area (Å²) in [5, 5.41) is 51.1. The monoisotopic (exact) mass is 337 g/mol. The molecule has 0 amide bonds. The zero-order chi connectivity index (χ0) is 17.2. The Bertz CT molecular complexity index is 306. The normalized spacial score (nSPS) is 32.9. The van der Waals surface area contributed by atoms with Crippen LogP contribution in [0.5, 0.6) is 0 Å². The van der Waals surface area contributed by atoms with Gasteiger partial charge < -0.3 is 40.3 Å². The molecular weight excluding hydrogens is 306 g/mol. The first-order valence-corrected chi connectivity index (χ1v) is 8.32. The van der Waals surface area contributed by atoms with E-state index in [1.54, 1.807) is 0 Å². The summed E-state index contributed by atoms with van der Waals surface area (Å²) in [6, 6.07) is 0. The topological polar surface area (TPSA) is 132 Å². The number of rotatable bonds is 11. The number of aliphatic hydroxyl groups excluding tert-OH is 5. The lowest BCUT2D eigenvalue weighted by Crippen LogP contribution is -2.59. The van der Waals surface area contributed by atoms with E-state index >= 15 is 0 Å². The quantitative estimate of drug-likeness (QED) is 0.247. The molecule has 1 aliphatic heterocycles. The number of aliphatic hydroxyl groups is 5. The molecule has 0 spiro atoms. The van der Waals surface area contributed by atoms with Crippen LogP contribution in [0, 0.1) is 0 Å². The van der Waals surface area contributed by atoms with E-state index in [9.17, 15) is 20.4 Å². The Balaban J connectivity index is 2.22. The summed E-state index contributed by atoms with van der Waals surface area (Å²) >= 11 is 0. The summed E-state index contributed by atoms with van der Waals surface area (Å²) in [4.78, 5) is 0. The first kappa shape index (κ1) is 20.7. The van der Waals surface area contributed by atoms with Crippen molar-refractivity contribution < 1.29 is 35.0 Å². The fourth-order valence-electron chi connectivity index (χ4n) is 2.42. The molecule has 1 fully saturated rings. The van der Waals surface area contributed by atoms with Gasteiger partial charge in [-0.25, -0.2) is 0 Å².